The Hall–Kier alpha value is -2.25. The van der Waals surface area contributed by atoms with Gasteiger partial charge in [-0.2, -0.15) is 13.2 Å². The van der Waals surface area contributed by atoms with Gasteiger partial charge in [0, 0.05) is 0 Å². The molecule has 0 bridgehead atoms. The van der Waals surface area contributed by atoms with E-state index in [1.165, 1.54) is 5.32 Å². The van der Waals surface area contributed by atoms with Gasteiger partial charge >= 0.3 is 18.2 Å². The lowest BCUT2D eigenvalue weighted by Crippen LogP contribution is -2.63. The van der Waals surface area contributed by atoms with Crippen LogP contribution in [-0.2, 0) is 16.1 Å². The number of hydrogen-bond acceptors (Lipinski definition) is 3. The molecule has 0 heterocycles. The molecule has 1 amide bonds. The van der Waals surface area contributed by atoms with Crippen LogP contribution in [0.1, 0.15) is 18.9 Å². The second-order valence-corrected chi connectivity index (χ2v) is 4.25. The molecule has 8 heteroatoms. The number of benzene rings is 1. The highest BCUT2D eigenvalue weighted by molar-refractivity contribution is 5.85. The van der Waals surface area contributed by atoms with Crippen molar-refractivity contribution in [3.8, 4) is 0 Å². The molecule has 0 aromatic heterocycles. The number of hydrogen-bond donors (Lipinski definition) is 2. The van der Waals surface area contributed by atoms with Gasteiger partial charge in [0.15, 0.2) is 0 Å². The highest BCUT2D eigenvalue weighted by atomic mass is 19.4. The third-order valence-electron chi connectivity index (χ3n) is 2.91. The molecule has 0 saturated heterocycles. The molecule has 1 atom stereocenters. The van der Waals surface area contributed by atoms with Crippen molar-refractivity contribution in [1.82, 2.24) is 5.32 Å². The minimum absolute atomic E-state index is 0.260. The van der Waals surface area contributed by atoms with Gasteiger partial charge in [0.2, 0.25) is 5.54 Å². The summed E-state index contributed by atoms with van der Waals surface area (Å²) in [5, 5.41) is 10.2. The fourth-order valence-corrected chi connectivity index (χ4v) is 1.62. The van der Waals surface area contributed by atoms with Crippen LogP contribution in [0.5, 0.6) is 0 Å². The van der Waals surface area contributed by atoms with Crippen molar-refractivity contribution in [3.05, 3.63) is 35.9 Å². The number of carbonyl (C=O) groups is 2. The highest BCUT2D eigenvalue weighted by Gasteiger charge is 2.61. The molecule has 1 aromatic carbocycles. The molecule has 1 rings (SSSR count). The molecule has 5 nitrogen and oxygen atoms in total. The van der Waals surface area contributed by atoms with Crippen molar-refractivity contribution in [3.63, 3.8) is 0 Å². The average molecular weight is 305 g/mol. The molecule has 1 aromatic rings. The lowest BCUT2D eigenvalue weighted by atomic mass is 9.96. The predicted octanol–water partition coefficient (Wildman–Crippen LogP) is 2.71. The first-order chi connectivity index (χ1) is 9.73. The number of carbonyl (C=O) groups excluding carboxylic acids is 1. The topological polar surface area (TPSA) is 75.6 Å². The van der Waals surface area contributed by atoms with Crippen LogP contribution in [-0.4, -0.2) is 28.9 Å². The number of nitrogens with one attached hydrogen (secondary N) is 1. The van der Waals surface area contributed by atoms with Crippen LogP contribution in [0.25, 0.3) is 0 Å². The lowest BCUT2D eigenvalue weighted by molar-refractivity contribution is -0.209. The van der Waals surface area contributed by atoms with E-state index in [1.807, 2.05) is 0 Å². The zero-order valence-corrected chi connectivity index (χ0v) is 11.1. The van der Waals surface area contributed by atoms with Crippen molar-refractivity contribution in [2.75, 3.05) is 0 Å². The van der Waals surface area contributed by atoms with Gasteiger partial charge in [0.05, 0.1) is 0 Å². The third-order valence-corrected chi connectivity index (χ3v) is 2.91. The molecule has 0 aliphatic heterocycles. The lowest BCUT2D eigenvalue weighted by Gasteiger charge is -2.30. The number of ether oxygens (including phenoxy) is 1. The van der Waals surface area contributed by atoms with E-state index in [1.54, 1.807) is 30.3 Å². The van der Waals surface area contributed by atoms with Crippen LogP contribution in [0, 0.1) is 0 Å². The highest BCUT2D eigenvalue weighted by Crippen LogP contribution is 2.33. The van der Waals surface area contributed by atoms with E-state index >= 15 is 0 Å². The molecular formula is C13H14F3NO4. The maximum Gasteiger partial charge on any atom is 0.422 e. The molecule has 116 valence electrons. The van der Waals surface area contributed by atoms with E-state index in [-0.39, 0.29) is 6.61 Å². The summed E-state index contributed by atoms with van der Waals surface area (Å²) >= 11 is 0. The standard InChI is InChI=1S/C13H14F3NO4/c1-2-12(10(18)19,13(14,15)16)17-11(20)21-8-9-6-4-3-5-7-9/h3-7H,2,8H2,1H3,(H,17,20)(H,18,19). The Balaban J connectivity index is 2.76. The largest absolute Gasteiger partial charge is 0.479 e. The summed E-state index contributed by atoms with van der Waals surface area (Å²) in [5.41, 5.74) is -2.79. The number of alkyl carbamates (subject to hydrolysis) is 1. The Morgan fingerprint density at radius 3 is 2.24 bits per heavy atom. The molecular weight excluding hydrogens is 291 g/mol. The van der Waals surface area contributed by atoms with Crippen molar-refractivity contribution in [2.45, 2.75) is 31.7 Å². The third kappa shape index (κ3) is 3.87. The Bertz CT molecular complexity index is 504. The number of amides is 1. The van der Waals surface area contributed by atoms with E-state index in [2.05, 4.69) is 4.74 Å². The normalized spacial score (nSPS) is 14.1. The van der Waals surface area contributed by atoms with Gasteiger partial charge in [-0.25, -0.2) is 9.59 Å². The summed E-state index contributed by atoms with van der Waals surface area (Å²) < 4.78 is 43.3. The van der Waals surface area contributed by atoms with Crippen LogP contribution in [0.15, 0.2) is 30.3 Å². The van der Waals surface area contributed by atoms with Crippen molar-refractivity contribution in [1.29, 1.82) is 0 Å². The number of carboxylic acids is 1. The number of aliphatic carboxylic acids is 1. The Morgan fingerprint density at radius 2 is 1.81 bits per heavy atom. The molecule has 21 heavy (non-hydrogen) atoms. The van der Waals surface area contributed by atoms with Gasteiger partial charge < -0.3 is 9.84 Å². The maximum absolute atomic E-state index is 12.9. The summed E-state index contributed by atoms with van der Waals surface area (Å²) in [4.78, 5) is 22.4. The Morgan fingerprint density at radius 1 is 1.24 bits per heavy atom. The van der Waals surface area contributed by atoms with Gasteiger partial charge in [-0.1, -0.05) is 37.3 Å². The van der Waals surface area contributed by atoms with Gasteiger partial charge in [0.1, 0.15) is 6.61 Å². The average Bonchev–Trinajstić information content (AvgIpc) is 2.42. The van der Waals surface area contributed by atoms with E-state index in [0.29, 0.717) is 5.56 Å². The van der Waals surface area contributed by atoms with E-state index in [4.69, 9.17) is 5.11 Å². The van der Waals surface area contributed by atoms with Gasteiger partial charge in [0.25, 0.3) is 0 Å². The summed E-state index contributed by atoms with van der Waals surface area (Å²) in [7, 11) is 0. The van der Waals surface area contributed by atoms with E-state index in [9.17, 15) is 22.8 Å². The van der Waals surface area contributed by atoms with Gasteiger partial charge in [-0.15, -0.1) is 0 Å². The van der Waals surface area contributed by atoms with Crippen LogP contribution >= 0.6 is 0 Å². The summed E-state index contributed by atoms with van der Waals surface area (Å²) in [6, 6.07) is 8.28. The van der Waals surface area contributed by atoms with Crippen LogP contribution in [0.3, 0.4) is 0 Å². The molecule has 0 saturated carbocycles. The van der Waals surface area contributed by atoms with Crippen molar-refractivity contribution >= 4 is 12.1 Å². The molecule has 0 aliphatic rings. The van der Waals surface area contributed by atoms with Crippen LogP contribution in [0.2, 0.25) is 0 Å². The maximum atomic E-state index is 12.9. The monoisotopic (exact) mass is 305 g/mol. The first-order valence-electron chi connectivity index (χ1n) is 6.02. The van der Waals surface area contributed by atoms with E-state index < -0.39 is 30.2 Å². The molecule has 0 spiro atoms. The quantitative estimate of drug-likeness (QED) is 0.877. The number of alkyl halides is 3. The number of rotatable bonds is 5. The molecule has 0 aliphatic carbocycles. The van der Waals surface area contributed by atoms with Gasteiger partial charge in [-0.05, 0) is 12.0 Å². The fraction of sp³-hybridized carbons (Fsp3) is 0.385. The predicted molar refractivity (Wildman–Crippen MR) is 66.5 cm³/mol. The molecule has 1 unspecified atom stereocenters. The second kappa shape index (κ2) is 6.47. The molecule has 0 radical (unpaired) electrons. The van der Waals surface area contributed by atoms with Crippen molar-refractivity contribution < 1.29 is 32.6 Å². The first kappa shape index (κ1) is 16.8. The van der Waals surface area contributed by atoms with E-state index in [0.717, 1.165) is 6.92 Å². The minimum atomic E-state index is -5.14. The van der Waals surface area contributed by atoms with Gasteiger partial charge in [-0.3, -0.25) is 5.32 Å². The summed E-state index contributed by atoms with van der Waals surface area (Å²) in [6.45, 7) is 0.753. The number of carboxylic acid groups (broad SMARTS) is 1. The minimum Gasteiger partial charge on any atom is -0.479 e. The summed E-state index contributed by atoms with van der Waals surface area (Å²) in [6.07, 6.45) is -7.44. The smallest absolute Gasteiger partial charge is 0.422 e. The van der Waals surface area contributed by atoms with Crippen LogP contribution < -0.4 is 5.32 Å². The molecule has 2 N–H and O–H groups in total. The Kier molecular flexibility index (Phi) is 5.17. The zero-order chi connectivity index (χ0) is 16.1. The SMILES string of the molecule is CCC(NC(=O)OCc1ccccc1)(C(=O)O)C(F)(F)F. The van der Waals surface area contributed by atoms with Crippen molar-refractivity contribution in [2.24, 2.45) is 0 Å². The second-order valence-electron chi connectivity index (χ2n) is 4.25. The Labute approximate surface area is 118 Å². The number of halogens is 3. The molecule has 0 fully saturated rings. The summed E-state index contributed by atoms with van der Waals surface area (Å²) in [5.74, 6) is -2.19. The fourth-order valence-electron chi connectivity index (χ4n) is 1.62. The first-order valence-corrected chi connectivity index (χ1v) is 6.02. The van der Waals surface area contributed by atoms with Crippen LogP contribution in [0.4, 0.5) is 18.0 Å². The zero-order valence-electron chi connectivity index (χ0n) is 11.1.